The maximum absolute atomic E-state index is 11.6. The van der Waals surface area contributed by atoms with E-state index < -0.39 is 17.7 Å². The van der Waals surface area contributed by atoms with Crippen molar-refractivity contribution in [1.29, 1.82) is 0 Å². The van der Waals surface area contributed by atoms with Crippen molar-refractivity contribution < 1.29 is 19.1 Å². The largest absolute Gasteiger partial charge is 0.414 e. The van der Waals surface area contributed by atoms with E-state index in [0.29, 0.717) is 5.56 Å². The van der Waals surface area contributed by atoms with Crippen LogP contribution in [0.3, 0.4) is 0 Å². The minimum atomic E-state index is -1.35. The van der Waals surface area contributed by atoms with Crippen LogP contribution in [-0.4, -0.2) is 11.9 Å². The quantitative estimate of drug-likeness (QED) is 0.421. The lowest BCUT2D eigenvalue weighted by atomic mass is 10.1. The third kappa shape index (κ3) is 1.93. The molecule has 0 amide bonds. The van der Waals surface area contributed by atoms with E-state index in [1.54, 1.807) is 38.1 Å². The fourth-order valence-corrected chi connectivity index (χ4v) is 1.66. The standard InChI is InChI=1S/C13H12O4/c1-3-10-11(14)16-13(2,17-12(10)15)9-7-5-4-6-8-9/h3-8H,1-2H3. The highest BCUT2D eigenvalue weighted by Crippen LogP contribution is 2.32. The summed E-state index contributed by atoms with van der Waals surface area (Å²) in [5.41, 5.74) is 0.551. The molecule has 1 aromatic carbocycles. The zero-order valence-corrected chi connectivity index (χ0v) is 9.60. The first kappa shape index (κ1) is 11.4. The fourth-order valence-electron chi connectivity index (χ4n) is 1.66. The fraction of sp³-hybridized carbons (Fsp3) is 0.231. The van der Waals surface area contributed by atoms with Crippen LogP contribution in [0, 0.1) is 0 Å². The van der Waals surface area contributed by atoms with Gasteiger partial charge in [-0.2, -0.15) is 0 Å². The number of hydrogen-bond donors (Lipinski definition) is 0. The van der Waals surface area contributed by atoms with Gasteiger partial charge in [0.2, 0.25) is 0 Å². The van der Waals surface area contributed by atoms with Crippen molar-refractivity contribution in [3.8, 4) is 0 Å². The Morgan fingerprint density at radius 2 is 1.59 bits per heavy atom. The summed E-state index contributed by atoms with van der Waals surface area (Å²) in [6.07, 6.45) is 1.38. The summed E-state index contributed by atoms with van der Waals surface area (Å²) in [5, 5.41) is 0. The SMILES string of the molecule is CC=C1C(=O)OC(C)(c2ccccc2)OC1=O. The van der Waals surface area contributed by atoms with E-state index in [1.165, 1.54) is 6.08 Å². The summed E-state index contributed by atoms with van der Waals surface area (Å²) in [6.45, 7) is 3.13. The van der Waals surface area contributed by atoms with Crippen molar-refractivity contribution >= 4 is 11.9 Å². The molecule has 1 fully saturated rings. The van der Waals surface area contributed by atoms with Gasteiger partial charge in [-0.15, -0.1) is 0 Å². The molecule has 0 radical (unpaired) electrons. The molecule has 0 unspecified atom stereocenters. The molecule has 1 saturated heterocycles. The second-order valence-corrected chi connectivity index (χ2v) is 3.79. The van der Waals surface area contributed by atoms with E-state index in [4.69, 9.17) is 9.47 Å². The van der Waals surface area contributed by atoms with Crippen LogP contribution in [0.4, 0.5) is 0 Å². The summed E-state index contributed by atoms with van der Waals surface area (Å²) in [5.74, 6) is -2.66. The third-order valence-electron chi connectivity index (χ3n) is 2.60. The van der Waals surface area contributed by atoms with E-state index in [-0.39, 0.29) is 5.57 Å². The molecule has 1 aliphatic rings. The first-order valence-corrected chi connectivity index (χ1v) is 5.25. The normalized spacial score (nSPS) is 24.0. The van der Waals surface area contributed by atoms with Crippen LogP contribution in [0.1, 0.15) is 19.4 Å². The Hall–Kier alpha value is -2.10. The number of ether oxygens (including phenoxy) is 2. The summed E-state index contributed by atoms with van der Waals surface area (Å²) in [4.78, 5) is 23.3. The Kier molecular flexibility index (Phi) is 2.71. The predicted molar refractivity (Wildman–Crippen MR) is 59.7 cm³/mol. The van der Waals surface area contributed by atoms with Crippen molar-refractivity contribution in [3.05, 3.63) is 47.5 Å². The lowest BCUT2D eigenvalue weighted by Crippen LogP contribution is -2.42. The Labute approximate surface area is 98.8 Å². The molecule has 0 bridgehead atoms. The van der Waals surface area contributed by atoms with Gasteiger partial charge in [-0.3, -0.25) is 0 Å². The highest BCUT2D eigenvalue weighted by Gasteiger charge is 2.43. The molecular formula is C13H12O4. The Morgan fingerprint density at radius 1 is 1.06 bits per heavy atom. The van der Waals surface area contributed by atoms with Crippen LogP contribution in [-0.2, 0) is 24.8 Å². The van der Waals surface area contributed by atoms with Crippen LogP contribution in [0.25, 0.3) is 0 Å². The molecule has 4 heteroatoms. The lowest BCUT2D eigenvalue weighted by molar-refractivity contribution is -0.234. The first-order valence-electron chi connectivity index (χ1n) is 5.25. The van der Waals surface area contributed by atoms with E-state index in [1.807, 2.05) is 6.07 Å². The third-order valence-corrected chi connectivity index (χ3v) is 2.60. The molecule has 0 atom stereocenters. The molecule has 0 N–H and O–H groups in total. The topological polar surface area (TPSA) is 52.6 Å². The van der Waals surface area contributed by atoms with Crippen LogP contribution in [0.2, 0.25) is 0 Å². The van der Waals surface area contributed by atoms with Crippen LogP contribution >= 0.6 is 0 Å². The molecule has 4 nitrogen and oxygen atoms in total. The van der Waals surface area contributed by atoms with Gasteiger partial charge in [0.15, 0.2) is 0 Å². The number of carbonyl (C=O) groups excluding carboxylic acids is 2. The molecular weight excluding hydrogens is 220 g/mol. The van der Waals surface area contributed by atoms with Gasteiger partial charge in [-0.1, -0.05) is 36.4 Å². The van der Waals surface area contributed by atoms with Crippen molar-refractivity contribution in [1.82, 2.24) is 0 Å². The molecule has 1 aromatic rings. The second kappa shape index (κ2) is 4.05. The van der Waals surface area contributed by atoms with Crippen molar-refractivity contribution in [2.45, 2.75) is 19.6 Å². The second-order valence-electron chi connectivity index (χ2n) is 3.79. The van der Waals surface area contributed by atoms with E-state index in [9.17, 15) is 9.59 Å². The summed E-state index contributed by atoms with van der Waals surface area (Å²) < 4.78 is 10.4. The molecule has 1 aliphatic heterocycles. The maximum atomic E-state index is 11.6. The Balaban J connectivity index is 2.37. The number of allylic oxidation sites excluding steroid dienone is 1. The number of carbonyl (C=O) groups is 2. The van der Waals surface area contributed by atoms with Gasteiger partial charge in [0.05, 0.1) is 0 Å². The molecule has 0 spiro atoms. The molecule has 88 valence electrons. The minimum absolute atomic E-state index is 0.0709. The lowest BCUT2D eigenvalue weighted by Gasteiger charge is -2.33. The van der Waals surface area contributed by atoms with Gasteiger partial charge in [0, 0.05) is 12.5 Å². The molecule has 0 aromatic heterocycles. The van der Waals surface area contributed by atoms with Crippen LogP contribution in [0.5, 0.6) is 0 Å². The van der Waals surface area contributed by atoms with Gasteiger partial charge in [0.25, 0.3) is 5.79 Å². The zero-order valence-electron chi connectivity index (χ0n) is 9.60. The molecule has 1 heterocycles. The summed E-state index contributed by atoms with van der Waals surface area (Å²) >= 11 is 0. The highest BCUT2D eigenvalue weighted by molar-refractivity contribution is 6.15. The van der Waals surface area contributed by atoms with Crippen LogP contribution < -0.4 is 0 Å². The van der Waals surface area contributed by atoms with E-state index >= 15 is 0 Å². The summed E-state index contributed by atoms with van der Waals surface area (Å²) in [7, 11) is 0. The number of cyclic esters (lactones) is 2. The zero-order chi connectivity index (χ0) is 12.5. The van der Waals surface area contributed by atoms with Gasteiger partial charge < -0.3 is 9.47 Å². The van der Waals surface area contributed by atoms with Crippen molar-refractivity contribution in [3.63, 3.8) is 0 Å². The first-order chi connectivity index (χ1) is 8.07. The van der Waals surface area contributed by atoms with Crippen molar-refractivity contribution in [2.24, 2.45) is 0 Å². The molecule has 0 aliphatic carbocycles. The van der Waals surface area contributed by atoms with Gasteiger partial charge >= 0.3 is 11.9 Å². The minimum Gasteiger partial charge on any atom is -0.414 e. The average molecular weight is 232 g/mol. The number of rotatable bonds is 1. The maximum Gasteiger partial charge on any atom is 0.348 e. The summed E-state index contributed by atoms with van der Waals surface area (Å²) in [6, 6.07) is 8.87. The van der Waals surface area contributed by atoms with Crippen LogP contribution in [0.15, 0.2) is 42.0 Å². The number of esters is 2. The number of hydrogen-bond acceptors (Lipinski definition) is 4. The Morgan fingerprint density at radius 3 is 2.06 bits per heavy atom. The van der Waals surface area contributed by atoms with Gasteiger partial charge in [-0.25, -0.2) is 9.59 Å². The predicted octanol–water partition coefficient (Wildman–Crippen LogP) is 1.91. The van der Waals surface area contributed by atoms with Crippen molar-refractivity contribution in [2.75, 3.05) is 0 Å². The van der Waals surface area contributed by atoms with Gasteiger partial charge in [0.1, 0.15) is 5.57 Å². The highest BCUT2D eigenvalue weighted by atomic mass is 16.7. The molecule has 0 saturated carbocycles. The average Bonchev–Trinajstić information content (AvgIpc) is 2.29. The van der Waals surface area contributed by atoms with E-state index in [0.717, 1.165) is 0 Å². The molecule has 17 heavy (non-hydrogen) atoms. The Bertz CT molecular complexity index is 467. The monoisotopic (exact) mass is 232 g/mol. The smallest absolute Gasteiger partial charge is 0.348 e. The van der Waals surface area contributed by atoms with Gasteiger partial charge in [-0.05, 0) is 6.92 Å². The van der Waals surface area contributed by atoms with E-state index in [2.05, 4.69) is 0 Å². The number of benzene rings is 1. The molecule has 2 rings (SSSR count).